The van der Waals surface area contributed by atoms with E-state index in [2.05, 4.69) is 9.88 Å². The topological polar surface area (TPSA) is 66.0 Å². The molecule has 0 aromatic carbocycles. The van der Waals surface area contributed by atoms with Gasteiger partial charge in [-0.1, -0.05) is 0 Å². The first kappa shape index (κ1) is 17.8. The van der Waals surface area contributed by atoms with Crippen LogP contribution in [0.5, 0.6) is 0 Å². The number of aromatic nitrogens is 1. The minimum atomic E-state index is -3.41. The zero-order chi connectivity index (χ0) is 17.3. The van der Waals surface area contributed by atoms with Crippen molar-refractivity contribution in [2.24, 2.45) is 5.92 Å². The molecule has 0 spiro atoms. The highest BCUT2D eigenvalue weighted by Gasteiger charge is 2.48. The second-order valence-corrected chi connectivity index (χ2v) is 8.84. The number of methoxy groups -OCH3 is 1. The van der Waals surface area contributed by atoms with Crippen molar-refractivity contribution in [1.29, 1.82) is 0 Å². The number of hydrogen-bond acceptors (Lipinski definition) is 5. The van der Waals surface area contributed by atoms with Crippen LogP contribution in [-0.4, -0.2) is 79.9 Å². The van der Waals surface area contributed by atoms with Gasteiger partial charge in [-0.3, -0.25) is 9.88 Å². The average molecular weight is 354 g/mol. The lowest BCUT2D eigenvalue weighted by Gasteiger charge is -2.40. The Balaban J connectivity index is 1.79. The molecule has 0 amide bonds. The van der Waals surface area contributed by atoms with E-state index in [9.17, 15) is 8.42 Å². The molecule has 134 valence electrons. The fraction of sp³-hybridized carbons (Fsp3) is 0.688. The van der Waals surface area contributed by atoms with E-state index in [-0.39, 0.29) is 18.1 Å². The number of ether oxygens (including phenoxy) is 1. The van der Waals surface area contributed by atoms with Gasteiger partial charge in [0.05, 0.1) is 6.10 Å². The summed E-state index contributed by atoms with van der Waals surface area (Å²) in [6.07, 6.45) is 4.44. The van der Waals surface area contributed by atoms with Crippen LogP contribution in [-0.2, 0) is 21.5 Å². The Bertz CT molecular complexity index is 653. The Morgan fingerprint density at radius 1 is 1.29 bits per heavy atom. The first-order chi connectivity index (χ1) is 11.4. The standard InChI is InChI=1S/C16H26N4O3S/c1-18(2)24(21,22)20-9-6-16(23-3)14-11-19(12-15(14)20)10-13-4-7-17-8-5-13/h4-5,7-8,14-16H,6,9-12H2,1-3H3/t14-,15+,16-/m1/s1. The zero-order valence-electron chi connectivity index (χ0n) is 14.5. The lowest BCUT2D eigenvalue weighted by Crippen LogP contribution is -2.56. The van der Waals surface area contributed by atoms with Crippen molar-refractivity contribution >= 4 is 10.2 Å². The Kier molecular flexibility index (Phi) is 5.22. The summed E-state index contributed by atoms with van der Waals surface area (Å²) in [7, 11) is 1.51. The molecule has 2 fully saturated rings. The molecule has 2 aliphatic rings. The van der Waals surface area contributed by atoms with Crippen molar-refractivity contribution in [2.45, 2.75) is 25.1 Å². The molecule has 0 aliphatic carbocycles. The fourth-order valence-electron chi connectivity index (χ4n) is 3.86. The van der Waals surface area contributed by atoms with Gasteiger partial charge < -0.3 is 4.74 Å². The molecule has 3 rings (SSSR count). The molecule has 0 bridgehead atoms. The van der Waals surface area contributed by atoms with Crippen molar-refractivity contribution in [3.8, 4) is 0 Å². The molecule has 3 atom stereocenters. The summed E-state index contributed by atoms with van der Waals surface area (Å²) in [6.45, 7) is 2.91. The van der Waals surface area contributed by atoms with Gasteiger partial charge >= 0.3 is 0 Å². The summed E-state index contributed by atoms with van der Waals surface area (Å²) in [5.74, 6) is 0.209. The summed E-state index contributed by atoms with van der Waals surface area (Å²) in [4.78, 5) is 6.37. The Morgan fingerprint density at radius 2 is 2.00 bits per heavy atom. The lowest BCUT2D eigenvalue weighted by molar-refractivity contribution is 0.00122. The van der Waals surface area contributed by atoms with Crippen molar-refractivity contribution in [2.75, 3.05) is 40.8 Å². The number of nitrogens with zero attached hydrogens (tertiary/aromatic N) is 4. The molecule has 0 radical (unpaired) electrons. The highest BCUT2D eigenvalue weighted by molar-refractivity contribution is 7.86. The number of pyridine rings is 1. The van der Waals surface area contributed by atoms with Crippen LogP contribution in [0.4, 0.5) is 0 Å². The normalized spacial score (nSPS) is 29.1. The van der Waals surface area contributed by atoms with Crippen molar-refractivity contribution in [1.82, 2.24) is 18.5 Å². The van der Waals surface area contributed by atoms with Gasteiger partial charge in [-0.25, -0.2) is 0 Å². The maximum absolute atomic E-state index is 12.7. The van der Waals surface area contributed by atoms with Gasteiger partial charge in [0.15, 0.2) is 0 Å². The molecular weight excluding hydrogens is 328 g/mol. The Hall–Kier alpha value is -1.06. The van der Waals surface area contributed by atoms with Crippen LogP contribution in [0.2, 0.25) is 0 Å². The highest BCUT2D eigenvalue weighted by atomic mass is 32.2. The number of hydrogen-bond donors (Lipinski definition) is 0. The number of fused-ring (bicyclic) bond motifs is 1. The summed E-state index contributed by atoms with van der Waals surface area (Å²) in [6, 6.07) is 3.98. The van der Waals surface area contributed by atoms with E-state index >= 15 is 0 Å². The third-order valence-corrected chi connectivity index (χ3v) is 7.07. The van der Waals surface area contributed by atoms with Crippen LogP contribution in [0.25, 0.3) is 0 Å². The van der Waals surface area contributed by atoms with Crippen molar-refractivity contribution < 1.29 is 13.2 Å². The highest BCUT2D eigenvalue weighted by Crippen LogP contribution is 2.35. The largest absolute Gasteiger partial charge is 0.381 e. The Morgan fingerprint density at radius 3 is 2.62 bits per heavy atom. The molecule has 0 unspecified atom stereocenters. The van der Waals surface area contributed by atoms with E-state index in [4.69, 9.17) is 4.74 Å². The van der Waals surface area contributed by atoms with Gasteiger partial charge in [-0.15, -0.1) is 0 Å². The predicted octanol–water partition coefficient (Wildman–Crippen LogP) is 0.409. The van der Waals surface area contributed by atoms with Gasteiger partial charge in [-0.05, 0) is 24.1 Å². The first-order valence-electron chi connectivity index (χ1n) is 8.27. The van der Waals surface area contributed by atoms with Crippen LogP contribution >= 0.6 is 0 Å². The fourth-order valence-corrected chi connectivity index (χ4v) is 5.18. The predicted molar refractivity (Wildman–Crippen MR) is 91.5 cm³/mol. The minimum Gasteiger partial charge on any atom is -0.381 e. The van der Waals surface area contributed by atoms with E-state index < -0.39 is 10.2 Å². The van der Waals surface area contributed by atoms with Gasteiger partial charge in [0, 0.05) is 71.7 Å². The average Bonchev–Trinajstić information content (AvgIpc) is 2.97. The molecule has 2 aliphatic heterocycles. The smallest absolute Gasteiger partial charge is 0.281 e. The third-order valence-electron chi connectivity index (χ3n) is 5.11. The number of rotatable bonds is 5. The lowest BCUT2D eigenvalue weighted by atomic mass is 9.91. The second-order valence-electron chi connectivity index (χ2n) is 6.74. The van der Waals surface area contributed by atoms with E-state index in [1.807, 2.05) is 12.1 Å². The molecular formula is C16H26N4O3S. The van der Waals surface area contributed by atoms with Crippen molar-refractivity contribution in [3.05, 3.63) is 30.1 Å². The minimum absolute atomic E-state index is 0.0297. The van der Waals surface area contributed by atoms with E-state index in [1.165, 1.54) is 9.87 Å². The molecule has 0 N–H and O–H groups in total. The summed E-state index contributed by atoms with van der Waals surface area (Å²) in [5, 5.41) is 0. The number of likely N-dealkylation sites (tertiary alicyclic amines) is 1. The first-order valence-corrected chi connectivity index (χ1v) is 9.66. The zero-order valence-corrected chi connectivity index (χ0v) is 15.3. The van der Waals surface area contributed by atoms with Crippen LogP contribution in [0.15, 0.2) is 24.5 Å². The summed E-state index contributed by atoms with van der Waals surface area (Å²) < 4.78 is 34.0. The van der Waals surface area contributed by atoms with Crippen LogP contribution in [0.1, 0.15) is 12.0 Å². The van der Waals surface area contributed by atoms with Crippen LogP contribution in [0, 0.1) is 5.92 Å². The maximum Gasteiger partial charge on any atom is 0.281 e. The molecule has 7 nitrogen and oxygen atoms in total. The SMILES string of the molecule is CO[C@@H]1CCN(S(=O)(=O)N(C)C)[C@H]2CN(Cc3ccncc3)C[C@@H]12. The Labute approximate surface area is 144 Å². The summed E-state index contributed by atoms with van der Waals surface area (Å²) in [5.41, 5.74) is 1.19. The summed E-state index contributed by atoms with van der Waals surface area (Å²) >= 11 is 0. The molecule has 1 aromatic heterocycles. The van der Waals surface area contributed by atoms with Crippen LogP contribution in [0.3, 0.4) is 0 Å². The molecule has 2 saturated heterocycles. The van der Waals surface area contributed by atoms with Gasteiger partial charge in [0.2, 0.25) is 0 Å². The maximum atomic E-state index is 12.7. The molecule has 0 saturated carbocycles. The molecule has 24 heavy (non-hydrogen) atoms. The quantitative estimate of drug-likeness (QED) is 0.766. The van der Waals surface area contributed by atoms with Gasteiger partial charge in [-0.2, -0.15) is 17.0 Å². The molecule has 1 aromatic rings. The van der Waals surface area contributed by atoms with E-state index in [0.717, 1.165) is 26.1 Å². The van der Waals surface area contributed by atoms with Crippen LogP contribution < -0.4 is 0 Å². The number of piperidine rings is 1. The second kappa shape index (κ2) is 7.05. The molecule has 8 heteroatoms. The van der Waals surface area contributed by atoms with Gasteiger partial charge in [0.25, 0.3) is 10.2 Å². The van der Waals surface area contributed by atoms with Gasteiger partial charge in [0.1, 0.15) is 0 Å². The monoisotopic (exact) mass is 354 g/mol. The van der Waals surface area contributed by atoms with Crippen molar-refractivity contribution in [3.63, 3.8) is 0 Å². The molecule has 3 heterocycles. The van der Waals surface area contributed by atoms with E-state index in [0.29, 0.717) is 6.54 Å². The third kappa shape index (κ3) is 3.34. The van der Waals surface area contributed by atoms with E-state index in [1.54, 1.807) is 37.9 Å².